The number of methoxy groups -OCH3 is 1. The van der Waals surface area contributed by atoms with Gasteiger partial charge in [0.05, 0.1) is 26.9 Å². The van der Waals surface area contributed by atoms with Crippen molar-refractivity contribution in [2.24, 2.45) is 5.41 Å². The van der Waals surface area contributed by atoms with Crippen LogP contribution in [0.5, 0.6) is 0 Å². The molecule has 0 aromatic heterocycles. The summed E-state index contributed by atoms with van der Waals surface area (Å²) in [6, 6.07) is 0. The molecule has 0 atom stereocenters. The number of fused-ring (bicyclic) bond motifs is 3. The summed E-state index contributed by atoms with van der Waals surface area (Å²) in [6.45, 7) is 3.71. The first kappa shape index (κ1) is 15.7. The van der Waals surface area contributed by atoms with Crippen LogP contribution in [0.2, 0.25) is 0 Å². The Balaban J connectivity index is 1.89. The van der Waals surface area contributed by atoms with Gasteiger partial charge in [0.2, 0.25) is 5.39 Å². The third-order valence-electron chi connectivity index (χ3n) is 3.57. The van der Waals surface area contributed by atoms with Gasteiger partial charge in [-0.3, -0.25) is 0 Å². The molecule has 0 unspecified atom stereocenters. The van der Waals surface area contributed by atoms with E-state index in [9.17, 15) is 9.90 Å². The van der Waals surface area contributed by atoms with Gasteiger partial charge in [0.1, 0.15) is 0 Å². The van der Waals surface area contributed by atoms with Crippen molar-refractivity contribution >= 4 is 5.97 Å². The normalized spacial score (nSPS) is 32.2. The molecule has 3 fully saturated rings. The number of hydrogen-bond acceptors (Lipinski definition) is 7. The molecule has 0 spiro atoms. The Labute approximate surface area is 122 Å². The van der Waals surface area contributed by atoms with E-state index < -0.39 is 17.6 Å². The van der Waals surface area contributed by atoms with Gasteiger partial charge < -0.3 is 24.1 Å². The number of aliphatic hydroxyl groups excluding tert-OH is 1. The van der Waals surface area contributed by atoms with Crippen molar-refractivity contribution in [1.29, 1.82) is 5.39 Å². The van der Waals surface area contributed by atoms with E-state index in [-0.39, 0.29) is 17.6 Å². The van der Waals surface area contributed by atoms with E-state index in [0.29, 0.717) is 32.7 Å². The highest BCUT2D eigenvalue weighted by molar-refractivity contribution is 5.90. The fourth-order valence-electron chi connectivity index (χ4n) is 2.22. The zero-order valence-electron chi connectivity index (χ0n) is 12.1. The average Bonchev–Trinajstić information content (AvgIpc) is 2.49. The SMILES string of the molecule is COC(=O)/C([N+]#N)=C(\O)CCCC12OCC(C)(CO1)CO2. The van der Waals surface area contributed by atoms with Crippen molar-refractivity contribution in [1.82, 2.24) is 0 Å². The van der Waals surface area contributed by atoms with Crippen LogP contribution in [0.3, 0.4) is 0 Å². The Kier molecular flexibility index (Phi) is 4.46. The Morgan fingerprint density at radius 3 is 2.38 bits per heavy atom. The minimum atomic E-state index is -1.07. The molecule has 116 valence electrons. The lowest BCUT2D eigenvalue weighted by Gasteiger charge is -2.50. The zero-order valence-corrected chi connectivity index (χ0v) is 12.1. The summed E-state index contributed by atoms with van der Waals surface area (Å²) in [5.41, 5.74) is -0.602. The van der Waals surface area contributed by atoms with Crippen LogP contribution >= 0.6 is 0 Å². The Hall–Kier alpha value is -1.69. The van der Waals surface area contributed by atoms with Gasteiger partial charge in [-0.2, -0.15) is 0 Å². The van der Waals surface area contributed by atoms with Crippen LogP contribution < -0.4 is 0 Å². The van der Waals surface area contributed by atoms with Gasteiger partial charge in [0.25, 0.3) is 5.97 Å². The lowest BCUT2D eigenvalue weighted by atomic mass is 9.91. The predicted molar refractivity (Wildman–Crippen MR) is 69.3 cm³/mol. The number of rotatable bonds is 5. The second-order valence-electron chi connectivity index (χ2n) is 5.60. The minimum Gasteiger partial charge on any atom is -0.505 e. The molecule has 8 heteroatoms. The second-order valence-corrected chi connectivity index (χ2v) is 5.60. The maximum Gasteiger partial charge on any atom is 0.505 e. The van der Waals surface area contributed by atoms with E-state index in [2.05, 4.69) is 9.71 Å². The summed E-state index contributed by atoms with van der Waals surface area (Å²) in [7, 11) is 1.14. The van der Waals surface area contributed by atoms with Gasteiger partial charge in [-0.05, 0) is 6.42 Å². The van der Waals surface area contributed by atoms with Gasteiger partial charge in [0.15, 0.2) is 10.7 Å². The topological polar surface area (TPSA) is 102 Å². The monoisotopic (exact) mass is 299 g/mol. The molecule has 3 heterocycles. The Morgan fingerprint density at radius 1 is 1.33 bits per heavy atom. The van der Waals surface area contributed by atoms with Gasteiger partial charge in [-0.25, -0.2) is 4.79 Å². The van der Waals surface area contributed by atoms with Crippen LogP contribution in [0.1, 0.15) is 26.2 Å². The molecule has 0 aliphatic carbocycles. The molecule has 3 aliphatic rings. The van der Waals surface area contributed by atoms with E-state index in [1.54, 1.807) is 0 Å². The van der Waals surface area contributed by atoms with Crippen molar-refractivity contribution in [3.63, 3.8) is 0 Å². The van der Waals surface area contributed by atoms with Crippen molar-refractivity contribution < 1.29 is 28.8 Å². The molecule has 21 heavy (non-hydrogen) atoms. The molecule has 0 aromatic carbocycles. The number of carbonyl (C=O) groups is 1. The van der Waals surface area contributed by atoms with Crippen molar-refractivity contribution in [2.45, 2.75) is 32.2 Å². The Bertz CT molecular complexity index is 471. The maximum absolute atomic E-state index is 11.2. The van der Waals surface area contributed by atoms with Crippen molar-refractivity contribution in [2.75, 3.05) is 26.9 Å². The highest BCUT2D eigenvalue weighted by atomic mass is 16.9. The number of esters is 1. The first-order chi connectivity index (χ1) is 9.94. The van der Waals surface area contributed by atoms with E-state index in [0.717, 1.165) is 7.11 Å². The lowest BCUT2D eigenvalue weighted by Crippen LogP contribution is -2.58. The number of allylic oxidation sites excluding steroid dienone is 1. The molecule has 0 aromatic rings. The maximum atomic E-state index is 11.2. The summed E-state index contributed by atoms with van der Waals surface area (Å²) >= 11 is 0. The van der Waals surface area contributed by atoms with E-state index in [4.69, 9.17) is 19.6 Å². The molecule has 3 aliphatic heterocycles. The number of hydrogen-bond donors (Lipinski definition) is 1. The van der Waals surface area contributed by atoms with Crippen molar-refractivity contribution in [3.8, 4) is 0 Å². The van der Waals surface area contributed by atoms with Crippen LogP contribution in [0.4, 0.5) is 0 Å². The number of carbonyl (C=O) groups excluding carboxylic acids is 1. The third kappa shape index (κ3) is 3.32. The molecular weight excluding hydrogens is 280 g/mol. The van der Waals surface area contributed by atoms with Gasteiger partial charge in [0, 0.05) is 18.3 Å². The minimum absolute atomic E-state index is 0.0996. The lowest BCUT2D eigenvalue weighted by molar-refractivity contribution is -0.467. The highest BCUT2D eigenvalue weighted by Crippen LogP contribution is 2.40. The van der Waals surface area contributed by atoms with Crippen LogP contribution in [-0.2, 0) is 23.7 Å². The summed E-state index contributed by atoms with van der Waals surface area (Å²) in [5.74, 6) is -2.32. The fraction of sp³-hybridized carbons (Fsp3) is 0.769. The largest absolute Gasteiger partial charge is 0.505 e. The van der Waals surface area contributed by atoms with E-state index >= 15 is 0 Å². The quantitative estimate of drug-likeness (QED) is 0.356. The van der Waals surface area contributed by atoms with Crippen LogP contribution in [0.25, 0.3) is 4.98 Å². The molecule has 0 radical (unpaired) electrons. The molecule has 1 N–H and O–H groups in total. The molecule has 0 saturated carbocycles. The summed E-state index contributed by atoms with van der Waals surface area (Å²) in [4.78, 5) is 14.0. The average molecular weight is 299 g/mol. The molecule has 3 rings (SSSR count). The van der Waals surface area contributed by atoms with Gasteiger partial charge in [-0.15, -0.1) is 0 Å². The number of diazo groups is 1. The first-order valence-electron chi connectivity index (χ1n) is 6.71. The molecule has 8 nitrogen and oxygen atoms in total. The fourth-order valence-corrected chi connectivity index (χ4v) is 2.22. The number of nitrogens with zero attached hydrogens (tertiary/aromatic N) is 2. The number of ether oxygens (including phenoxy) is 4. The molecule has 2 bridgehead atoms. The van der Waals surface area contributed by atoms with Crippen LogP contribution in [0, 0.1) is 10.8 Å². The molecular formula is C13H19N2O6+. The molecule has 3 saturated heterocycles. The third-order valence-corrected chi connectivity index (χ3v) is 3.57. The second kappa shape index (κ2) is 5.97. The van der Waals surface area contributed by atoms with Gasteiger partial charge in [-0.1, -0.05) is 6.92 Å². The van der Waals surface area contributed by atoms with Gasteiger partial charge >= 0.3 is 11.7 Å². The zero-order chi connectivity index (χ0) is 15.5. The van der Waals surface area contributed by atoms with Crippen LogP contribution in [0.15, 0.2) is 11.5 Å². The highest BCUT2D eigenvalue weighted by Gasteiger charge is 2.49. The Morgan fingerprint density at radius 2 is 1.90 bits per heavy atom. The standard InChI is InChI=1S/C13H18N2O6/c1-12-6-19-13(20-7-12,21-8-12)5-3-4-9(16)10(15-14)11(17)18-2/h3-8H2,1-2H3/p+1. The summed E-state index contributed by atoms with van der Waals surface area (Å²) in [5, 5.41) is 18.5. The van der Waals surface area contributed by atoms with Crippen LogP contribution in [-0.4, -0.2) is 44.0 Å². The predicted octanol–water partition coefficient (Wildman–Crippen LogP) is 1.69. The summed E-state index contributed by atoms with van der Waals surface area (Å²) in [6.07, 6.45) is 0.940. The van der Waals surface area contributed by atoms with E-state index in [1.165, 1.54) is 0 Å². The first-order valence-corrected chi connectivity index (χ1v) is 6.71. The molecule has 0 amide bonds. The smallest absolute Gasteiger partial charge is 0.505 e. The summed E-state index contributed by atoms with van der Waals surface area (Å²) < 4.78 is 21.2. The number of aliphatic hydroxyl groups is 1. The van der Waals surface area contributed by atoms with Crippen molar-refractivity contribution in [3.05, 3.63) is 16.4 Å². The van der Waals surface area contributed by atoms with E-state index in [1.807, 2.05) is 6.92 Å².